The molecular formula is C11H10O2. The first-order valence-corrected chi connectivity index (χ1v) is 3.91. The fourth-order valence-electron chi connectivity index (χ4n) is 0.844. The highest BCUT2D eigenvalue weighted by Gasteiger charge is 1.90. The van der Waals surface area contributed by atoms with Gasteiger partial charge in [-0.05, 0) is 12.1 Å². The fraction of sp³-hybridized carbons (Fsp3) is 0. The summed E-state index contributed by atoms with van der Waals surface area (Å²) in [5, 5.41) is 9.34. The molecule has 0 radical (unpaired) electrons. The first-order valence-electron chi connectivity index (χ1n) is 3.91. The lowest BCUT2D eigenvalue weighted by Crippen LogP contribution is -1.75. The van der Waals surface area contributed by atoms with Gasteiger partial charge >= 0.3 is 0 Å². The Hall–Kier alpha value is -1.83. The molecule has 0 aliphatic rings. The van der Waals surface area contributed by atoms with Crippen molar-refractivity contribution in [1.29, 1.82) is 0 Å². The smallest absolute Gasteiger partial charge is 0.153 e. The molecule has 1 aromatic carbocycles. The van der Waals surface area contributed by atoms with E-state index in [0.717, 1.165) is 0 Å². The molecule has 66 valence electrons. The Kier molecular flexibility index (Phi) is 3.51. The summed E-state index contributed by atoms with van der Waals surface area (Å²) >= 11 is 0. The third-order valence-electron chi connectivity index (χ3n) is 1.51. The van der Waals surface area contributed by atoms with Crippen LogP contribution in [0.15, 0.2) is 48.5 Å². The Morgan fingerprint density at radius 2 is 1.46 bits per heavy atom. The highest BCUT2D eigenvalue weighted by atomic mass is 16.3. The van der Waals surface area contributed by atoms with Crippen molar-refractivity contribution in [3.8, 4) is 5.75 Å². The molecule has 13 heavy (non-hydrogen) atoms. The van der Waals surface area contributed by atoms with Gasteiger partial charge in [0.1, 0.15) is 5.75 Å². The third-order valence-corrected chi connectivity index (χ3v) is 1.51. The molecule has 0 amide bonds. The summed E-state index contributed by atoms with van der Waals surface area (Å²) in [6.07, 6.45) is 0.620. The van der Waals surface area contributed by atoms with Crippen molar-refractivity contribution in [2.45, 2.75) is 0 Å². The van der Waals surface area contributed by atoms with Crippen LogP contribution in [0.4, 0.5) is 0 Å². The number of hydrogen-bond donors (Lipinski definition) is 1. The number of hydrogen-bond acceptors (Lipinski definition) is 2. The lowest BCUT2D eigenvalue weighted by molar-refractivity contribution is 0.112. The monoisotopic (exact) mass is 174 g/mol. The third kappa shape index (κ3) is 2.95. The maximum absolute atomic E-state index is 10.5. The van der Waals surface area contributed by atoms with Crippen LogP contribution >= 0.6 is 0 Å². The van der Waals surface area contributed by atoms with E-state index in [9.17, 15) is 9.90 Å². The summed E-state index contributed by atoms with van der Waals surface area (Å²) in [5.74, 6) is -0.0220. The van der Waals surface area contributed by atoms with Crippen molar-refractivity contribution in [3.63, 3.8) is 0 Å². The molecule has 1 rings (SSSR count). The van der Waals surface area contributed by atoms with Crippen LogP contribution in [-0.2, 0) is 0 Å². The highest BCUT2D eigenvalue weighted by Crippen LogP contribution is 2.09. The van der Waals surface area contributed by atoms with Gasteiger partial charge in [0, 0.05) is 0 Å². The van der Waals surface area contributed by atoms with E-state index in [-0.39, 0.29) is 11.3 Å². The first kappa shape index (κ1) is 9.26. The maximum Gasteiger partial charge on any atom is 0.153 e. The van der Waals surface area contributed by atoms with E-state index in [0.29, 0.717) is 6.29 Å². The largest absolute Gasteiger partial charge is 0.507 e. The standard InChI is InChI=1S/C11H10O2/c12-9-10-7-5-3-1-2-4-6-8-11(10)13/h1-9,13H. The van der Waals surface area contributed by atoms with Gasteiger partial charge in [-0.1, -0.05) is 36.4 Å². The van der Waals surface area contributed by atoms with Crippen molar-refractivity contribution < 1.29 is 9.90 Å². The number of carbonyl (C=O) groups excluding carboxylic acids is 1. The van der Waals surface area contributed by atoms with Crippen molar-refractivity contribution >= 4 is 6.29 Å². The maximum atomic E-state index is 10.5. The summed E-state index contributed by atoms with van der Waals surface area (Å²) in [6.45, 7) is 0. The second kappa shape index (κ2) is 4.93. The van der Waals surface area contributed by atoms with Gasteiger partial charge in [-0.3, -0.25) is 4.79 Å². The predicted octanol–water partition coefficient (Wildman–Crippen LogP) is 2.33. The Morgan fingerprint density at radius 3 is 2.08 bits per heavy atom. The van der Waals surface area contributed by atoms with Crippen LogP contribution in [0.2, 0.25) is 0 Å². The zero-order valence-electron chi connectivity index (χ0n) is 7.05. The number of carbonyl (C=O) groups is 1. The van der Waals surface area contributed by atoms with Crippen LogP contribution in [0.25, 0.3) is 0 Å². The van der Waals surface area contributed by atoms with E-state index in [2.05, 4.69) is 0 Å². The van der Waals surface area contributed by atoms with Crippen LogP contribution in [0.3, 0.4) is 0 Å². The molecule has 0 aromatic heterocycles. The van der Waals surface area contributed by atoms with Crippen molar-refractivity contribution in [2.24, 2.45) is 0 Å². The molecule has 0 heterocycles. The summed E-state index contributed by atoms with van der Waals surface area (Å²) in [5.41, 5.74) is 0.274. The minimum absolute atomic E-state index is 0.0220. The van der Waals surface area contributed by atoms with Gasteiger partial charge in [0.15, 0.2) is 6.29 Å². The molecule has 0 fully saturated rings. The Labute approximate surface area is 76.8 Å². The molecule has 0 aliphatic carbocycles. The van der Waals surface area contributed by atoms with E-state index in [1.54, 1.807) is 30.3 Å². The second-order valence-electron chi connectivity index (χ2n) is 2.45. The number of aldehydes is 1. The zero-order valence-corrected chi connectivity index (χ0v) is 7.05. The molecule has 2 nitrogen and oxygen atoms in total. The van der Waals surface area contributed by atoms with E-state index in [1.165, 1.54) is 6.07 Å². The zero-order chi connectivity index (χ0) is 9.52. The molecule has 0 spiro atoms. The quantitative estimate of drug-likeness (QED) is 0.663. The fourth-order valence-corrected chi connectivity index (χ4v) is 0.844. The minimum atomic E-state index is -0.0220. The van der Waals surface area contributed by atoms with Crippen molar-refractivity contribution in [2.75, 3.05) is 0 Å². The Bertz CT molecular complexity index is 344. The van der Waals surface area contributed by atoms with Crippen LogP contribution in [-0.4, -0.2) is 11.4 Å². The molecule has 1 aromatic rings. The molecule has 0 saturated heterocycles. The molecule has 1 N–H and O–H groups in total. The van der Waals surface area contributed by atoms with Crippen molar-refractivity contribution in [3.05, 3.63) is 54.1 Å². The molecule has 0 aliphatic heterocycles. The van der Waals surface area contributed by atoms with Crippen LogP contribution in [0.1, 0.15) is 10.4 Å². The van der Waals surface area contributed by atoms with Gasteiger partial charge in [0.2, 0.25) is 0 Å². The SMILES string of the molecule is O=Cc1ccccccccc1O. The molecule has 0 atom stereocenters. The van der Waals surface area contributed by atoms with Crippen LogP contribution in [0.5, 0.6) is 5.75 Å². The summed E-state index contributed by atoms with van der Waals surface area (Å²) in [4.78, 5) is 10.5. The molecular weight excluding hydrogens is 164 g/mol. The molecule has 2 heteroatoms. The number of aromatic hydroxyl groups is 1. The second-order valence-corrected chi connectivity index (χ2v) is 2.45. The molecule has 0 unspecified atom stereocenters. The van der Waals surface area contributed by atoms with E-state index in [1.807, 2.05) is 12.1 Å². The first-order chi connectivity index (χ1) is 6.34. The summed E-state index contributed by atoms with van der Waals surface area (Å²) < 4.78 is 0. The van der Waals surface area contributed by atoms with Gasteiger partial charge in [0.05, 0.1) is 5.56 Å². The Balaban J connectivity index is 3.32. The topological polar surface area (TPSA) is 37.3 Å². The summed E-state index contributed by atoms with van der Waals surface area (Å²) in [6, 6.07) is 13.6. The van der Waals surface area contributed by atoms with Gasteiger partial charge in [-0.2, -0.15) is 0 Å². The lowest BCUT2D eigenvalue weighted by atomic mass is 10.2. The van der Waals surface area contributed by atoms with Crippen LogP contribution < -0.4 is 0 Å². The van der Waals surface area contributed by atoms with Crippen LogP contribution in [0, 0.1) is 0 Å². The van der Waals surface area contributed by atoms with Gasteiger partial charge < -0.3 is 5.11 Å². The van der Waals surface area contributed by atoms with E-state index >= 15 is 0 Å². The molecule has 0 saturated carbocycles. The predicted molar refractivity (Wildman–Crippen MR) is 51.1 cm³/mol. The van der Waals surface area contributed by atoms with E-state index in [4.69, 9.17) is 0 Å². The minimum Gasteiger partial charge on any atom is -0.507 e. The van der Waals surface area contributed by atoms with Gasteiger partial charge in [-0.25, -0.2) is 0 Å². The van der Waals surface area contributed by atoms with Gasteiger partial charge in [0.25, 0.3) is 0 Å². The van der Waals surface area contributed by atoms with E-state index < -0.39 is 0 Å². The normalized spacial score (nSPS) is 8.62. The number of rotatable bonds is 1. The van der Waals surface area contributed by atoms with Gasteiger partial charge in [-0.15, -0.1) is 0 Å². The Morgan fingerprint density at radius 1 is 0.923 bits per heavy atom. The van der Waals surface area contributed by atoms with Crippen molar-refractivity contribution in [1.82, 2.24) is 0 Å². The summed E-state index contributed by atoms with van der Waals surface area (Å²) in [7, 11) is 0. The average Bonchev–Trinajstić information content (AvgIpc) is 2.16. The average molecular weight is 174 g/mol. The molecule has 0 bridgehead atoms. The lowest BCUT2D eigenvalue weighted by Gasteiger charge is -1.88. The highest BCUT2D eigenvalue weighted by molar-refractivity contribution is 5.78.